The Morgan fingerprint density at radius 2 is 2.04 bits per heavy atom. The van der Waals surface area contributed by atoms with E-state index in [0.717, 1.165) is 24.1 Å². The molecule has 1 amide bonds. The maximum absolute atomic E-state index is 13.1. The molecular formula is C18H19N3O2. The first-order chi connectivity index (χ1) is 11.3. The minimum atomic E-state index is -0.314. The summed E-state index contributed by atoms with van der Waals surface area (Å²) >= 11 is 0. The van der Waals surface area contributed by atoms with Crippen LogP contribution in [0.5, 0.6) is 0 Å². The fraction of sp³-hybridized carbons (Fsp3) is 0.389. The molecule has 1 aliphatic carbocycles. The quantitative estimate of drug-likeness (QED) is 0.871. The zero-order valence-corrected chi connectivity index (χ0v) is 12.9. The number of benzene rings is 1. The summed E-state index contributed by atoms with van der Waals surface area (Å²) in [5.41, 5.74) is 1.60. The molecule has 2 aliphatic rings. The Balaban J connectivity index is 1.53. The monoisotopic (exact) mass is 309 g/mol. The molecule has 0 N–H and O–H groups in total. The second-order valence-electron chi connectivity index (χ2n) is 6.19. The standard InChI is InChI=1S/C18H19N3O2/c22-17(18(6-7-18)14-4-2-1-3-5-14)21-10-11-23-16(13-21)15-12-19-8-9-20-15/h1-5,8-9,12,16H,6-7,10-11,13H2. The lowest BCUT2D eigenvalue weighted by atomic mass is 9.94. The van der Waals surface area contributed by atoms with E-state index in [4.69, 9.17) is 4.74 Å². The van der Waals surface area contributed by atoms with Gasteiger partial charge in [-0.15, -0.1) is 0 Å². The number of ether oxygens (including phenoxy) is 1. The molecule has 0 bridgehead atoms. The molecule has 0 radical (unpaired) electrons. The fourth-order valence-corrected chi connectivity index (χ4v) is 3.30. The van der Waals surface area contributed by atoms with Crippen molar-refractivity contribution in [1.29, 1.82) is 0 Å². The number of hydrogen-bond donors (Lipinski definition) is 0. The largest absolute Gasteiger partial charge is 0.368 e. The van der Waals surface area contributed by atoms with Crippen molar-refractivity contribution in [3.63, 3.8) is 0 Å². The van der Waals surface area contributed by atoms with Gasteiger partial charge < -0.3 is 9.64 Å². The molecule has 1 aromatic heterocycles. The number of aromatic nitrogens is 2. The number of nitrogens with zero attached hydrogens (tertiary/aromatic N) is 3. The van der Waals surface area contributed by atoms with Gasteiger partial charge in [0.05, 0.1) is 30.5 Å². The molecule has 1 aromatic carbocycles. The Morgan fingerprint density at radius 3 is 2.74 bits per heavy atom. The van der Waals surface area contributed by atoms with Crippen LogP contribution in [0.25, 0.3) is 0 Å². The highest BCUT2D eigenvalue weighted by molar-refractivity contribution is 5.91. The first-order valence-corrected chi connectivity index (χ1v) is 8.02. The first-order valence-electron chi connectivity index (χ1n) is 8.02. The zero-order valence-electron chi connectivity index (χ0n) is 12.9. The third kappa shape index (κ3) is 2.61. The van der Waals surface area contributed by atoms with E-state index >= 15 is 0 Å². The lowest BCUT2D eigenvalue weighted by Gasteiger charge is -2.35. The SMILES string of the molecule is O=C(N1CCOC(c2cnccn2)C1)C1(c2ccccc2)CC1. The predicted molar refractivity (Wildman–Crippen MR) is 84.7 cm³/mol. The summed E-state index contributed by atoms with van der Waals surface area (Å²) in [6.07, 6.45) is 6.69. The molecule has 1 aliphatic heterocycles. The molecule has 5 nitrogen and oxygen atoms in total. The molecule has 2 fully saturated rings. The fourth-order valence-electron chi connectivity index (χ4n) is 3.30. The van der Waals surface area contributed by atoms with Crippen molar-refractivity contribution >= 4 is 5.91 Å². The average molecular weight is 309 g/mol. The second-order valence-corrected chi connectivity index (χ2v) is 6.19. The molecule has 118 valence electrons. The third-order valence-electron chi connectivity index (χ3n) is 4.75. The highest BCUT2D eigenvalue weighted by atomic mass is 16.5. The van der Waals surface area contributed by atoms with Crippen LogP contribution >= 0.6 is 0 Å². The van der Waals surface area contributed by atoms with E-state index in [1.54, 1.807) is 18.6 Å². The predicted octanol–water partition coefficient (Wildman–Crippen LogP) is 2.11. The summed E-state index contributed by atoms with van der Waals surface area (Å²) in [6.45, 7) is 1.73. The number of hydrogen-bond acceptors (Lipinski definition) is 4. The summed E-state index contributed by atoms with van der Waals surface area (Å²) in [5.74, 6) is 0.223. The second kappa shape index (κ2) is 5.74. The van der Waals surface area contributed by atoms with Gasteiger partial charge in [-0.2, -0.15) is 0 Å². The van der Waals surface area contributed by atoms with Gasteiger partial charge in [0.15, 0.2) is 0 Å². The van der Waals surface area contributed by atoms with Gasteiger partial charge in [0.1, 0.15) is 6.10 Å². The topological polar surface area (TPSA) is 55.3 Å². The lowest BCUT2D eigenvalue weighted by Crippen LogP contribution is -2.47. The molecule has 0 spiro atoms. The number of rotatable bonds is 3. The van der Waals surface area contributed by atoms with E-state index in [0.29, 0.717) is 19.7 Å². The van der Waals surface area contributed by atoms with Gasteiger partial charge in [0, 0.05) is 18.9 Å². The molecule has 5 heteroatoms. The van der Waals surface area contributed by atoms with E-state index in [2.05, 4.69) is 22.1 Å². The van der Waals surface area contributed by atoms with Crippen molar-refractivity contribution in [2.24, 2.45) is 0 Å². The smallest absolute Gasteiger partial charge is 0.233 e. The van der Waals surface area contributed by atoms with Gasteiger partial charge in [-0.05, 0) is 18.4 Å². The summed E-state index contributed by atoms with van der Waals surface area (Å²) in [7, 11) is 0. The molecule has 1 saturated heterocycles. The van der Waals surface area contributed by atoms with Crippen LogP contribution in [0.2, 0.25) is 0 Å². The molecule has 2 heterocycles. The maximum Gasteiger partial charge on any atom is 0.233 e. The number of amides is 1. The van der Waals surface area contributed by atoms with Crippen LogP contribution in [0.3, 0.4) is 0 Å². The third-order valence-corrected chi connectivity index (χ3v) is 4.75. The molecule has 1 saturated carbocycles. The van der Waals surface area contributed by atoms with Crippen molar-refractivity contribution in [3.05, 3.63) is 60.2 Å². The van der Waals surface area contributed by atoms with Crippen molar-refractivity contribution in [2.75, 3.05) is 19.7 Å². The average Bonchev–Trinajstić information content (AvgIpc) is 3.45. The first kappa shape index (κ1) is 14.3. The molecule has 1 unspecified atom stereocenters. The molecule has 2 aromatic rings. The van der Waals surface area contributed by atoms with Crippen molar-refractivity contribution in [3.8, 4) is 0 Å². The van der Waals surface area contributed by atoms with Crippen LogP contribution in [0.1, 0.15) is 30.2 Å². The number of carbonyl (C=O) groups excluding carboxylic acids is 1. The summed E-state index contributed by atoms with van der Waals surface area (Å²) < 4.78 is 5.79. The maximum atomic E-state index is 13.1. The normalized spacial score (nSPS) is 22.6. The van der Waals surface area contributed by atoms with Gasteiger partial charge >= 0.3 is 0 Å². The van der Waals surface area contributed by atoms with Crippen molar-refractivity contribution in [2.45, 2.75) is 24.4 Å². The Bertz CT molecular complexity index is 686. The minimum Gasteiger partial charge on any atom is -0.368 e. The Hall–Kier alpha value is -2.27. The van der Waals surface area contributed by atoms with Gasteiger partial charge in [-0.25, -0.2) is 0 Å². The van der Waals surface area contributed by atoms with Crippen LogP contribution in [0.15, 0.2) is 48.9 Å². The Labute approximate surface area is 135 Å². The summed E-state index contributed by atoms with van der Waals surface area (Å²) in [6, 6.07) is 10.1. The highest BCUT2D eigenvalue weighted by Gasteiger charge is 2.53. The molecule has 23 heavy (non-hydrogen) atoms. The van der Waals surface area contributed by atoms with Crippen LogP contribution in [0.4, 0.5) is 0 Å². The van der Waals surface area contributed by atoms with Crippen LogP contribution in [-0.2, 0) is 14.9 Å². The number of carbonyl (C=O) groups is 1. The lowest BCUT2D eigenvalue weighted by molar-refractivity contribution is -0.142. The zero-order chi connectivity index (χ0) is 15.7. The summed E-state index contributed by atoms with van der Waals surface area (Å²) in [5, 5.41) is 0. The van der Waals surface area contributed by atoms with Gasteiger partial charge in [-0.3, -0.25) is 14.8 Å². The Morgan fingerprint density at radius 1 is 1.22 bits per heavy atom. The van der Waals surface area contributed by atoms with Gasteiger partial charge in [0.2, 0.25) is 5.91 Å². The van der Waals surface area contributed by atoms with E-state index in [1.807, 2.05) is 23.1 Å². The van der Waals surface area contributed by atoms with E-state index in [9.17, 15) is 4.79 Å². The van der Waals surface area contributed by atoms with Crippen LogP contribution in [-0.4, -0.2) is 40.5 Å². The minimum absolute atomic E-state index is 0.187. The van der Waals surface area contributed by atoms with Crippen molar-refractivity contribution < 1.29 is 9.53 Å². The Kier molecular flexibility index (Phi) is 3.58. The van der Waals surface area contributed by atoms with Gasteiger partial charge in [-0.1, -0.05) is 30.3 Å². The van der Waals surface area contributed by atoms with Crippen LogP contribution in [0, 0.1) is 0 Å². The van der Waals surface area contributed by atoms with E-state index < -0.39 is 0 Å². The molecule has 1 atom stereocenters. The van der Waals surface area contributed by atoms with Gasteiger partial charge in [0.25, 0.3) is 0 Å². The molecular weight excluding hydrogens is 290 g/mol. The van der Waals surface area contributed by atoms with E-state index in [-0.39, 0.29) is 17.4 Å². The molecule has 4 rings (SSSR count). The van der Waals surface area contributed by atoms with Crippen LogP contribution < -0.4 is 0 Å². The highest BCUT2D eigenvalue weighted by Crippen LogP contribution is 2.49. The summed E-state index contributed by atoms with van der Waals surface area (Å²) in [4.78, 5) is 23.4. The van der Waals surface area contributed by atoms with Crippen molar-refractivity contribution in [1.82, 2.24) is 14.9 Å². The van der Waals surface area contributed by atoms with E-state index in [1.165, 1.54) is 0 Å². The number of morpholine rings is 1.